The number of hydrogen-bond acceptors (Lipinski definition) is 3. The highest BCUT2D eigenvalue weighted by atomic mass is 16.5. The summed E-state index contributed by atoms with van der Waals surface area (Å²) in [6.07, 6.45) is 4.29. The second-order valence-corrected chi connectivity index (χ2v) is 3.66. The van der Waals surface area contributed by atoms with E-state index < -0.39 is 0 Å². The normalized spacial score (nSPS) is 21.9. The molecule has 1 fully saturated rings. The highest BCUT2D eigenvalue weighted by molar-refractivity contribution is 5.25. The Morgan fingerprint density at radius 3 is 3.21 bits per heavy atom. The molecule has 1 atom stereocenters. The third-order valence-corrected chi connectivity index (χ3v) is 2.70. The van der Waals surface area contributed by atoms with Crippen molar-refractivity contribution in [3.05, 3.63) is 24.0 Å². The zero-order valence-corrected chi connectivity index (χ0v) is 8.49. The largest absolute Gasteiger partial charge is 0.497 e. The zero-order valence-electron chi connectivity index (χ0n) is 8.49. The molecule has 2 heterocycles. The molecule has 1 saturated heterocycles. The molecule has 3 nitrogen and oxygen atoms in total. The number of aromatic nitrogens is 1. The van der Waals surface area contributed by atoms with Gasteiger partial charge in [0.05, 0.1) is 7.11 Å². The Hall–Kier alpha value is -1.09. The second kappa shape index (κ2) is 4.42. The molecule has 0 aromatic carbocycles. The number of pyridine rings is 1. The minimum Gasteiger partial charge on any atom is -0.497 e. The maximum atomic E-state index is 5.19. The van der Waals surface area contributed by atoms with Crippen LogP contribution in [0.15, 0.2) is 18.3 Å². The van der Waals surface area contributed by atoms with Crippen LogP contribution in [-0.2, 0) is 0 Å². The Labute approximate surface area is 84.5 Å². The lowest BCUT2D eigenvalue weighted by Crippen LogP contribution is -2.28. The molecule has 76 valence electrons. The SMILES string of the molecule is COc1ccnc(C2CCCNC2)c1. The van der Waals surface area contributed by atoms with Crippen LogP contribution in [0, 0.1) is 0 Å². The molecule has 14 heavy (non-hydrogen) atoms. The van der Waals surface area contributed by atoms with Crippen molar-refractivity contribution in [3.8, 4) is 5.75 Å². The molecule has 0 amide bonds. The number of hydrogen-bond donors (Lipinski definition) is 1. The van der Waals surface area contributed by atoms with Crippen LogP contribution in [0.5, 0.6) is 5.75 Å². The zero-order chi connectivity index (χ0) is 9.80. The molecule has 0 spiro atoms. The van der Waals surface area contributed by atoms with Crippen molar-refractivity contribution in [1.82, 2.24) is 10.3 Å². The van der Waals surface area contributed by atoms with Gasteiger partial charge in [0.2, 0.25) is 0 Å². The molecule has 0 aliphatic carbocycles. The fourth-order valence-electron chi connectivity index (χ4n) is 1.88. The van der Waals surface area contributed by atoms with Crippen LogP contribution in [0.4, 0.5) is 0 Å². The van der Waals surface area contributed by atoms with Gasteiger partial charge in [-0.15, -0.1) is 0 Å². The van der Waals surface area contributed by atoms with Crippen molar-refractivity contribution in [2.75, 3.05) is 20.2 Å². The van der Waals surface area contributed by atoms with Gasteiger partial charge in [-0.3, -0.25) is 4.98 Å². The lowest BCUT2D eigenvalue weighted by atomic mass is 9.96. The molecular formula is C11H16N2O. The van der Waals surface area contributed by atoms with Crippen LogP contribution in [-0.4, -0.2) is 25.2 Å². The topological polar surface area (TPSA) is 34.1 Å². The van der Waals surface area contributed by atoms with Crippen LogP contribution in [0.3, 0.4) is 0 Å². The van der Waals surface area contributed by atoms with E-state index in [2.05, 4.69) is 10.3 Å². The van der Waals surface area contributed by atoms with E-state index >= 15 is 0 Å². The molecule has 3 heteroatoms. The van der Waals surface area contributed by atoms with Gasteiger partial charge in [-0.05, 0) is 25.5 Å². The summed E-state index contributed by atoms with van der Waals surface area (Å²) in [6.45, 7) is 2.18. The first kappa shape index (κ1) is 9.46. The van der Waals surface area contributed by atoms with Gasteiger partial charge in [0.1, 0.15) is 5.75 Å². The van der Waals surface area contributed by atoms with Gasteiger partial charge in [-0.1, -0.05) is 0 Å². The molecule has 0 radical (unpaired) electrons. The molecule has 1 aliphatic heterocycles. The summed E-state index contributed by atoms with van der Waals surface area (Å²) in [5, 5.41) is 3.39. The van der Waals surface area contributed by atoms with Crippen molar-refractivity contribution in [2.24, 2.45) is 0 Å². The van der Waals surface area contributed by atoms with E-state index in [9.17, 15) is 0 Å². The summed E-state index contributed by atoms with van der Waals surface area (Å²) in [6, 6.07) is 3.93. The van der Waals surface area contributed by atoms with E-state index in [1.807, 2.05) is 18.3 Å². The Morgan fingerprint density at radius 1 is 1.57 bits per heavy atom. The minimum atomic E-state index is 0.554. The maximum Gasteiger partial charge on any atom is 0.122 e. The fraction of sp³-hybridized carbons (Fsp3) is 0.545. The second-order valence-electron chi connectivity index (χ2n) is 3.66. The molecular weight excluding hydrogens is 176 g/mol. The average molecular weight is 192 g/mol. The van der Waals surface area contributed by atoms with E-state index in [1.54, 1.807) is 7.11 Å². The van der Waals surface area contributed by atoms with Gasteiger partial charge >= 0.3 is 0 Å². The standard InChI is InChI=1S/C11H16N2O/c1-14-10-4-6-13-11(7-10)9-3-2-5-12-8-9/h4,6-7,9,12H,2-3,5,8H2,1H3. The number of methoxy groups -OCH3 is 1. The fourth-order valence-corrected chi connectivity index (χ4v) is 1.88. The van der Waals surface area contributed by atoms with Crippen molar-refractivity contribution in [3.63, 3.8) is 0 Å². The Balaban J connectivity index is 2.13. The monoisotopic (exact) mass is 192 g/mol. The quantitative estimate of drug-likeness (QED) is 0.772. The van der Waals surface area contributed by atoms with Crippen molar-refractivity contribution in [2.45, 2.75) is 18.8 Å². The first-order valence-electron chi connectivity index (χ1n) is 5.11. The minimum absolute atomic E-state index is 0.554. The van der Waals surface area contributed by atoms with E-state index in [4.69, 9.17) is 4.74 Å². The summed E-state index contributed by atoms with van der Waals surface area (Å²) in [5.41, 5.74) is 1.15. The summed E-state index contributed by atoms with van der Waals surface area (Å²) in [4.78, 5) is 4.39. The molecule has 1 N–H and O–H groups in total. The summed E-state index contributed by atoms with van der Waals surface area (Å²) in [5.74, 6) is 1.46. The van der Waals surface area contributed by atoms with E-state index in [0.29, 0.717) is 5.92 Å². The average Bonchev–Trinajstić information content (AvgIpc) is 2.30. The molecule has 2 rings (SSSR count). The molecule has 0 bridgehead atoms. The molecule has 1 aliphatic rings. The molecule has 1 aromatic rings. The third kappa shape index (κ3) is 2.04. The maximum absolute atomic E-state index is 5.19. The first-order chi connectivity index (χ1) is 6.90. The predicted octanol–water partition coefficient (Wildman–Crippen LogP) is 1.56. The first-order valence-corrected chi connectivity index (χ1v) is 5.11. The Bertz CT molecular complexity index is 295. The number of rotatable bonds is 2. The lowest BCUT2D eigenvalue weighted by Gasteiger charge is -2.22. The van der Waals surface area contributed by atoms with E-state index in [0.717, 1.165) is 24.5 Å². The highest BCUT2D eigenvalue weighted by Crippen LogP contribution is 2.23. The summed E-state index contributed by atoms with van der Waals surface area (Å²) < 4.78 is 5.19. The smallest absolute Gasteiger partial charge is 0.122 e. The molecule has 1 aromatic heterocycles. The van der Waals surface area contributed by atoms with Crippen LogP contribution in [0.25, 0.3) is 0 Å². The van der Waals surface area contributed by atoms with Crippen molar-refractivity contribution in [1.29, 1.82) is 0 Å². The van der Waals surface area contributed by atoms with Gasteiger partial charge in [0.15, 0.2) is 0 Å². The summed E-state index contributed by atoms with van der Waals surface area (Å²) in [7, 11) is 1.69. The lowest BCUT2D eigenvalue weighted by molar-refractivity contribution is 0.409. The number of nitrogens with zero attached hydrogens (tertiary/aromatic N) is 1. The highest BCUT2D eigenvalue weighted by Gasteiger charge is 2.16. The van der Waals surface area contributed by atoms with Crippen LogP contribution in [0.1, 0.15) is 24.5 Å². The van der Waals surface area contributed by atoms with E-state index in [1.165, 1.54) is 12.8 Å². The predicted molar refractivity (Wildman–Crippen MR) is 55.6 cm³/mol. The van der Waals surface area contributed by atoms with Crippen LogP contribution < -0.4 is 10.1 Å². The summed E-state index contributed by atoms with van der Waals surface area (Å²) >= 11 is 0. The molecule has 0 saturated carbocycles. The van der Waals surface area contributed by atoms with Gasteiger partial charge in [0.25, 0.3) is 0 Å². The Morgan fingerprint density at radius 2 is 2.50 bits per heavy atom. The van der Waals surface area contributed by atoms with Gasteiger partial charge in [0, 0.05) is 30.4 Å². The van der Waals surface area contributed by atoms with Crippen LogP contribution in [0.2, 0.25) is 0 Å². The number of piperidine rings is 1. The third-order valence-electron chi connectivity index (χ3n) is 2.70. The van der Waals surface area contributed by atoms with Gasteiger partial charge in [-0.25, -0.2) is 0 Å². The Kier molecular flexibility index (Phi) is 2.99. The molecule has 1 unspecified atom stereocenters. The van der Waals surface area contributed by atoms with Gasteiger partial charge in [-0.2, -0.15) is 0 Å². The van der Waals surface area contributed by atoms with E-state index in [-0.39, 0.29) is 0 Å². The van der Waals surface area contributed by atoms with Crippen LogP contribution >= 0.6 is 0 Å². The number of nitrogens with one attached hydrogen (secondary N) is 1. The van der Waals surface area contributed by atoms with Gasteiger partial charge < -0.3 is 10.1 Å². The van der Waals surface area contributed by atoms with Crippen molar-refractivity contribution >= 4 is 0 Å². The number of ether oxygens (including phenoxy) is 1. The van der Waals surface area contributed by atoms with Crippen molar-refractivity contribution < 1.29 is 4.74 Å².